The second-order valence-corrected chi connectivity index (χ2v) is 6.74. The third-order valence-corrected chi connectivity index (χ3v) is 5.11. The van der Waals surface area contributed by atoms with Crippen LogP contribution in [0.25, 0.3) is 0 Å². The van der Waals surface area contributed by atoms with E-state index in [1.807, 2.05) is 6.92 Å². The molecule has 4 nitrogen and oxygen atoms in total. The number of rotatable bonds is 6. The Bertz CT molecular complexity index is 637. The first kappa shape index (κ1) is 14.6. The molecule has 1 aliphatic carbocycles. The van der Waals surface area contributed by atoms with Crippen molar-refractivity contribution < 1.29 is 4.79 Å². The molecule has 1 fully saturated rings. The number of hydrogen-bond acceptors (Lipinski definition) is 4. The molecule has 6 heteroatoms. The summed E-state index contributed by atoms with van der Waals surface area (Å²) in [6.45, 7) is 2.02. The molecule has 1 aromatic heterocycles. The molecule has 0 spiro atoms. The molecule has 1 aromatic carbocycles. The Balaban J connectivity index is 1.76. The molecule has 0 unspecified atom stereocenters. The summed E-state index contributed by atoms with van der Waals surface area (Å²) in [5.74, 6) is 0.115. The number of halogens is 1. The van der Waals surface area contributed by atoms with E-state index in [2.05, 4.69) is 14.8 Å². The molecule has 1 heterocycles. The highest BCUT2D eigenvalue weighted by Crippen LogP contribution is 2.38. The zero-order valence-corrected chi connectivity index (χ0v) is 13.3. The Labute approximate surface area is 132 Å². The van der Waals surface area contributed by atoms with Crippen LogP contribution < -0.4 is 0 Å². The lowest BCUT2D eigenvalue weighted by Gasteiger charge is -2.13. The highest BCUT2D eigenvalue weighted by atomic mass is 35.5. The van der Waals surface area contributed by atoms with Gasteiger partial charge in [0.25, 0.3) is 0 Å². The minimum atomic E-state index is -0.145. The topological polar surface area (TPSA) is 47.8 Å². The lowest BCUT2D eigenvalue weighted by atomic mass is 10.1. The maximum Gasteiger partial charge on any atom is 0.191 e. The monoisotopic (exact) mass is 321 g/mol. The lowest BCUT2D eigenvalue weighted by Crippen LogP contribution is -2.17. The van der Waals surface area contributed by atoms with Crippen LogP contribution in [-0.2, 0) is 0 Å². The maximum absolute atomic E-state index is 12.6. The summed E-state index contributed by atoms with van der Waals surface area (Å²) >= 11 is 7.37. The quantitative estimate of drug-likeness (QED) is 0.595. The summed E-state index contributed by atoms with van der Waals surface area (Å²) in [5, 5.41) is 9.47. The van der Waals surface area contributed by atoms with E-state index in [9.17, 15) is 4.79 Å². The zero-order chi connectivity index (χ0) is 14.8. The standard InChI is InChI=1S/C15H16ClN3OS/c1-2-13(14(20)10-3-5-11(16)6-4-10)21-15-18-17-9-19(15)12-7-8-12/h3-6,9,12-13H,2,7-8H2,1H3/t13-/m0/s1. The number of benzene rings is 1. The highest BCUT2D eigenvalue weighted by molar-refractivity contribution is 8.00. The maximum atomic E-state index is 12.6. The molecular formula is C15H16ClN3OS. The largest absolute Gasteiger partial charge is 0.306 e. The van der Waals surface area contributed by atoms with Gasteiger partial charge in [-0.05, 0) is 43.5 Å². The van der Waals surface area contributed by atoms with Crippen LogP contribution in [0.4, 0.5) is 0 Å². The number of hydrogen-bond donors (Lipinski definition) is 0. The van der Waals surface area contributed by atoms with Gasteiger partial charge in [0.2, 0.25) is 0 Å². The van der Waals surface area contributed by atoms with Gasteiger partial charge in [0.1, 0.15) is 6.33 Å². The number of Topliss-reactive ketones (excluding diaryl/α,β-unsaturated/α-hetero) is 1. The summed E-state index contributed by atoms with van der Waals surface area (Å²) in [6.07, 6.45) is 4.87. The second kappa shape index (κ2) is 6.20. The molecular weight excluding hydrogens is 306 g/mol. The Morgan fingerprint density at radius 3 is 2.76 bits per heavy atom. The molecule has 1 aliphatic rings. The minimum absolute atomic E-state index is 0.115. The van der Waals surface area contributed by atoms with E-state index in [0.29, 0.717) is 16.6 Å². The Hall–Kier alpha value is -1.33. The second-order valence-electron chi connectivity index (χ2n) is 5.14. The summed E-state index contributed by atoms with van der Waals surface area (Å²) in [4.78, 5) is 12.6. The summed E-state index contributed by atoms with van der Waals surface area (Å²) < 4.78 is 2.09. The summed E-state index contributed by atoms with van der Waals surface area (Å²) in [5.41, 5.74) is 0.691. The highest BCUT2D eigenvalue weighted by Gasteiger charge is 2.28. The molecule has 3 rings (SSSR count). The Morgan fingerprint density at radius 2 is 2.14 bits per heavy atom. The van der Waals surface area contributed by atoms with Crippen LogP contribution >= 0.6 is 23.4 Å². The third kappa shape index (κ3) is 3.30. The van der Waals surface area contributed by atoms with Crippen LogP contribution in [0.5, 0.6) is 0 Å². The molecule has 1 saturated carbocycles. The van der Waals surface area contributed by atoms with Crippen LogP contribution in [-0.4, -0.2) is 25.8 Å². The van der Waals surface area contributed by atoms with E-state index in [1.54, 1.807) is 30.6 Å². The molecule has 2 aromatic rings. The van der Waals surface area contributed by atoms with Crippen molar-refractivity contribution >= 4 is 29.1 Å². The average Bonchev–Trinajstić information content (AvgIpc) is 3.24. The van der Waals surface area contributed by atoms with Gasteiger partial charge in [0.15, 0.2) is 10.9 Å². The van der Waals surface area contributed by atoms with E-state index in [1.165, 1.54) is 24.6 Å². The van der Waals surface area contributed by atoms with Crippen molar-refractivity contribution in [3.05, 3.63) is 41.2 Å². The van der Waals surface area contributed by atoms with Gasteiger partial charge in [-0.3, -0.25) is 4.79 Å². The van der Waals surface area contributed by atoms with Gasteiger partial charge in [-0.15, -0.1) is 10.2 Å². The number of aromatic nitrogens is 3. The zero-order valence-electron chi connectivity index (χ0n) is 11.7. The van der Waals surface area contributed by atoms with Gasteiger partial charge < -0.3 is 4.57 Å². The van der Waals surface area contributed by atoms with E-state index < -0.39 is 0 Å². The Morgan fingerprint density at radius 1 is 1.43 bits per heavy atom. The van der Waals surface area contributed by atoms with Crippen molar-refractivity contribution in [2.75, 3.05) is 0 Å². The van der Waals surface area contributed by atoms with Crippen molar-refractivity contribution in [2.24, 2.45) is 0 Å². The van der Waals surface area contributed by atoms with Gasteiger partial charge in [0, 0.05) is 16.6 Å². The fourth-order valence-corrected chi connectivity index (χ4v) is 3.37. The van der Waals surface area contributed by atoms with Crippen LogP contribution in [0.15, 0.2) is 35.7 Å². The third-order valence-electron chi connectivity index (χ3n) is 3.52. The lowest BCUT2D eigenvalue weighted by molar-refractivity contribution is 0.0988. The minimum Gasteiger partial charge on any atom is -0.306 e. The predicted octanol–water partition coefficient (Wildman–Crippen LogP) is 4.02. The number of thioether (sulfide) groups is 1. The molecule has 0 amide bonds. The van der Waals surface area contributed by atoms with E-state index >= 15 is 0 Å². The van der Waals surface area contributed by atoms with Gasteiger partial charge in [-0.2, -0.15) is 0 Å². The molecule has 110 valence electrons. The van der Waals surface area contributed by atoms with E-state index in [-0.39, 0.29) is 11.0 Å². The van der Waals surface area contributed by atoms with Crippen LogP contribution in [0.1, 0.15) is 42.6 Å². The summed E-state index contributed by atoms with van der Waals surface area (Å²) in [7, 11) is 0. The molecule has 0 aliphatic heterocycles. The molecule has 0 saturated heterocycles. The number of carbonyl (C=O) groups excluding carboxylic acids is 1. The van der Waals surface area contributed by atoms with Crippen LogP contribution in [0.2, 0.25) is 5.02 Å². The van der Waals surface area contributed by atoms with Crippen LogP contribution in [0.3, 0.4) is 0 Å². The normalized spacial score (nSPS) is 15.9. The first-order valence-electron chi connectivity index (χ1n) is 7.05. The van der Waals surface area contributed by atoms with Gasteiger partial charge >= 0.3 is 0 Å². The van der Waals surface area contributed by atoms with E-state index in [4.69, 9.17) is 11.6 Å². The smallest absolute Gasteiger partial charge is 0.191 e. The average molecular weight is 322 g/mol. The van der Waals surface area contributed by atoms with Crippen molar-refractivity contribution in [1.82, 2.24) is 14.8 Å². The first-order chi connectivity index (χ1) is 10.2. The van der Waals surface area contributed by atoms with Crippen LogP contribution in [0, 0.1) is 0 Å². The fraction of sp³-hybridized carbons (Fsp3) is 0.400. The van der Waals surface area contributed by atoms with Crippen molar-refractivity contribution in [2.45, 2.75) is 42.6 Å². The van der Waals surface area contributed by atoms with Gasteiger partial charge in [-0.1, -0.05) is 30.3 Å². The first-order valence-corrected chi connectivity index (χ1v) is 8.30. The number of carbonyl (C=O) groups is 1. The SMILES string of the molecule is CC[C@H](Sc1nncn1C1CC1)C(=O)c1ccc(Cl)cc1. The van der Waals surface area contributed by atoms with Crippen molar-refractivity contribution in [3.63, 3.8) is 0 Å². The molecule has 0 N–H and O–H groups in total. The predicted molar refractivity (Wildman–Crippen MR) is 84.0 cm³/mol. The molecule has 0 radical (unpaired) electrons. The fourth-order valence-electron chi connectivity index (χ4n) is 2.17. The number of nitrogens with zero attached hydrogens (tertiary/aromatic N) is 3. The molecule has 1 atom stereocenters. The van der Waals surface area contributed by atoms with Crippen molar-refractivity contribution in [1.29, 1.82) is 0 Å². The van der Waals surface area contributed by atoms with E-state index in [0.717, 1.165) is 11.6 Å². The summed E-state index contributed by atoms with van der Waals surface area (Å²) in [6, 6.07) is 7.57. The Kier molecular flexibility index (Phi) is 4.31. The molecule has 0 bridgehead atoms. The number of ketones is 1. The van der Waals surface area contributed by atoms with Crippen molar-refractivity contribution in [3.8, 4) is 0 Å². The molecule has 21 heavy (non-hydrogen) atoms. The van der Waals surface area contributed by atoms with Gasteiger partial charge in [0.05, 0.1) is 5.25 Å². The van der Waals surface area contributed by atoms with Gasteiger partial charge in [-0.25, -0.2) is 0 Å².